The Kier molecular flexibility index (Phi) is 5.31. The van der Waals surface area contributed by atoms with Crippen LogP contribution in [0.3, 0.4) is 0 Å². The van der Waals surface area contributed by atoms with Crippen LogP contribution in [-0.2, 0) is 9.53 Å². The maximum Gasteiger partial charge on any atom is 0.374 e. The van der Waals surface area contributed by atoms with Crippen LogP contribution < -0.4 is 10.9 Å². The smallest absolute Gasteiger partial charge is 0.374 e. The number of rotatable bonds is 4. The maximum absolute atomic E-state index is 11.7. The molecule has 2 aromatic rings. The SMILES string of the molecule is O=C(COC(=O)c1ccc(Br)o1)NNC(=O)c1ccccc1. The fourth-order valence-corrected chi connectivity index (χ4v) is 1.76. The highest BCUT2D eigenvalue weighted by Crippen LogP contribution is 2.14. The largest absolute Gasteiger partial charge is 0.450 e. The van der Waals surface area contributed by atoms with Gasteiger partial charge in [0.15, 0.2) is 11.3 Å². The van der Waals surface area contributed by atoms with Gasteiger partial charge < -0.3 is 9.15 Å². The molecule has 0 atom stereocenters. The van der Waals surface area contributed by atoms with E-state index in [0.29, 0.717) is 10.2 Å². The summed E-state index contributed by atoms with van der Waals surface area (Å²) in [6, 6.07) is 11.3. The molecule has 1 aromatic heterocycles. The van der Waals surface area contributed by atoms with E-state index in [4.69, 9.17) is 9.15 Å². The van der Waals surface area contributed by atoms with E-state index in [0.717, 1.165) is 0 Å². The van der Waals surface area contributed by atoms with Crippen molar-refractivity contribution in [2.45, 2.75) is 0 Å². The fourth-order valence-electron chi connectivity index (χ4n) is 1.45. The number of nitrogens with one attached hydrogen (secondary N) is 2. The van der Waals surface area contributed by atoms with E-state index in [9.17, 15) is 14.4 Å². The third-order valence-electron chi connectivity index (χ3n) is 2.46. The van der Waals surface area contributed by atoms with Gasteiger partial charge in [-0.1, -0.05) is 18.2 Å². The predicted molar refractivity (Wildman–Crippen MR) is 78.7 cm³/mol. The molecule has 0 saturated heterocycles. The monoisotopic (exact) mass is 366 g/mol. The van der Waals surface area contributed by atoms with Crippen molar-refractivity contribution in [3.63, 3.8) is 0 Å². The zero-order chi connectivity index (χ0) is 15.9. The Bertz CT molecular complexity index is 684. The number of halogens is 1. The van der Waals surface area contributed by atoms with E-state index in [-0.39, 0.29) is 5.76 Å². The minimum absolute atomic E-state index is 0.0343. The van der Waals surface area contributed by atoms with Gasteiger partial charge in [-0.15, -0.1) is 0 Å². The number of ether oxygens (including phenoxy) is 1. The van der Waals surface area contributed by atoms with Crippen LogP contribution in [0.1, 0.15) is 20.9 Å². The van der Waals surface area contributed by atoms with Gasteiger partial charge in [-0.05, 0) is 40.2 Å². The minimum Gasteiger partial charge on any atom is -0.450 e. The minimum atomic E-state index is -0.782. The van der Waals surface area contributed by atoms with Crippen molar-refractivity contribution in [2.75, 3.05) is 6.61 Å². The van der Waals surface area contributed by atoms with Crippen molar-refractivity contribution in [1.29, 1.82) is 0 Å². The van der Waals surface area contributed by atoms with E-state index in [1.807, 2.05) is 0 Å². The van der Waals surface area contributed by atoms with Crippen LogP contribution in [0.15, 0.2) is 51.6 Å². The third-order valence-corrected chi connectivity index (χ3v) is 2.89. The summed E-state index contributed by atoms with van der Waals surface area (Å²) in [5, 5.41) is 0. The second kappa shape index (κ2) is 7.41. The molecule has 2 N–H and O–H groups in total. The third kappa shape index (κ3) is 4.45. The van der Waals surface area contributed by atoms with Crippen LogP contribution >= 0.6 is 15.9 Å². The number of benzene rings is 1. The number of carbonyl (C=O) groups excluding carboxylic acids is 3. The molecule has 0 radical (unpaired) electrons. The number of amides is 2. The highest BCUT2D eigenvalue weighted by atomic mass is 79.9. The molecule has 1 heterocycles. The quantitative estimate of drug-likeness (QED) is 0.633. The molecule has 0 saturated carbocycles. The zero-order valence-corrected chi connectivity index (χ0v) is 12.8. The highest BCUT2D eigenvalue weighted by Gasteiger charge is 2.14. The molecule has 8 heteroatoms. The number of esters is 1. The number of hydrazine groups is 1. The highest BCUT2D eigenvalue weighted by molar-refractivity contribution is 9.10. The molecule has 0 bridgehead atoms. The fraction of sp³-hybridized carbons (Fsp3) is 0.0714. The summed E-state index contributed by atoms with van der Waals surface area (Å²) in [6.07, 6.45) is 0. The molecule has 2 rings (SSSR count). The van der Waals surface area contributed by atoms with Crippen molar-refractivity contribution in [1.82, 2.24) is 10.9 Å². The molecule has 0 aliphatic heterocycles. The molecule has 0 spiro atoms. The summed E-state index contributed by atoms with van der Waals surface area (Å²) in [6.45, 7) is -0.549. The van der Waals surface area contributed by atoms with Crippen LogP contribution in [0.5, 0.6) is 0 Å². The molecule has 0 unspecified atom stereocenters. The molecular formula is C14H11BrN2O5. The summed E-state index contributed by atoms with van der Waals surface area (Å²) < 4.78 is 10.1. The van der Waals surface area contributed by atoms with Gasteiger partial charge in [0.25, 0.3) is 11.8 Å². The lowest BCUT2D eigenvalue weighted by molar-refractivity contribution is -0.125. The summed E-state index contributed by atoms with van der Waals surface area (Å²) in [4.78, 5) is 34.7. The Labute approximate surface area is 133 Å². The number of carbonyl (C=O) groups is 3. The lowest BCUT2D eigenvalue weighted by Gasteiger charge is -2.07. The first-order valence-corrected chi connectivity index (χ1v) is 6.92. The van der Waals surface area contributed by atoms with Crippen molar-refractivity contribution >= 4 is 33.7 Å². The number of hydrogen-bond donors (Lipinski definition) is 2. The molecule has 114 valence electrons. The van der Waals surface area contributed by atoms with Gasteiger partial charge in [0.2, 0.25) is 5.76 Å². The van der Waals surface area contributed by atoms with Gasteiger partial charge in [-0.3, -0.25) is 20.4 Å². The predicted octanol–water partition coefficient (Wildman–Crippen LogP) is 1.66. The summed E-state index contributed by atoms with van der Waals surface area (Å²) in [7, 11) is 0. The molecule has 0 aliphatic carbocycles. The second-order valence-electron chi connectivity index (χ2n) is 4.05. The molecule has 2 amide bonds. The van der Waals surface area contributed by atoms with Gasteiger partial charge in [0.1, 0.15) is 0 Å². The lowest BCUT2D eigenvalue weighted by Crippen LogP contribution is -2.43. The number of furan rings is 1. The maximum atomic E-state index is 11.7. The van der Waals surface area contributed by atoms with Gasteiger partial charge in [-0.25, -0.2) is 4.79 Å². The Hall–Kier alpha value is -2.61. The average molecular weight is 367 g/mol. The normalized spacial score (nSPS) is 9.86. The lowest BCUT2D eigenvalue weighted by atomic mass is 10.2. The van der Waals surface area contributed by atoms with Crippen LogP contribution in [0.4, 0.5) is 0 Å². The molecule has 22 heavy (non-hydrogen) atoms. The van der Waals surface area contributed by atoms with E-state index >= 15 is 0 Å². The van der Waals surface area contributed by atoms with Crippen LogP contribution in [0.2, 0.25) is 0 Å². The van der Waals surface area contributed by atoms with Crippen LogP contribution in [-0.4, -0.2) is 24.4 Å². The Morgan fingerprint density at radius 3 is 2.41 bits per heavy atom. The standard InChI is InChI=1S/C14H11BrN2O5/c15-11-7-6-10(22-11)14(20)21-8-12(18)16-17-13(19)9-4-2-1-3-5-9/h1-7H,8H2,(H,16,18)(H,17,19). The summed E-state index contributed by atoms with van der Waals surface area (Å²) in [5.41, 5.74) is 4.73. The van der Waals surface area contributed by atoms with Crippen molar-refractivity contribution in [2.24, 2.45) is 0 Å². The summed E-state index contributed by atoms with van der Waals surface area (Å²) >= 11 is 3.04. The Morgan fingerprint density at radius 1 is 1.05 bits per heavy atom. The van der Waals surface area contributed by atoms with Crippen LogP contribution in [0, 0.1) is 0 Å². The molecule has 7 nitrogen and oxygen atoms in total. The van der Waals surface area contributed by atoms with Crippen LogP contribution in [0.25, 0.3) is 0 Å². The van der Waals surface area contributed by atoms with Gasteiger partial charge >= 0.3 is 5.97 Å². The summed E-state index contributed by atoms with van der Waals surface area (Å²) in [5.74, 6) is -1.97. The number of hydrogen-bond acceptors (Lipinski definition) is 5. The molecule has 0 fully saturated rings. The van der Waals surface area contributed by atoms with Gasteiger partial charge in [0.05, 0.1) is 0 Å². The molecule has 1 aromatic carbocycles. The molecular weight excluding hydrogens is 356 g/mol. The van der Waals surface area contributed by atoms with Crippen molar-refractivity contribution in [3.8, 4) is 0 Å². The molecule has 0 aliphatic rings. The Morgan fingerprint density at radius 2 is 1.77 bits per heavy atom. The first kappa shape index (κ1) is 15.8. The van der Waals surface area contributed by atoms with E-state index in [1.54, 1.807) is 30.3 Å². The zero-order valence-electron chi connectivity index (χ0n) is 11.2. The van der Waals surface area contributed by atoms with E-state index in [2.05, 4.69) is 26.8 Å². The second-order valence-corrected chi connectivity index (χ2v) is 4.83. The topological polar surface area (TPSA) is 97.6 Å². The first-order valence-electron chi connectivity index (χ1n) is 6.13. The van der Waals surface area contributed by atoms with Crippen molar-refractivity contribution < 1.29 is 23.5 Å². The van der Waals surface area contributed by atoms with Gasteiger partial charge in [-0.2, -0.15) is 0 Å². The van der Waals surface area contributed by atoms with E-state index < -0.39 is 24.4 Å². The van der Waals surface area contributed by atoms with Crippen molar-refractivity contribution in [3.05, 3.63) is 58.5 Å². The Balaban J connectivity index is 1.74. The van der Waals surface area contributed by atoms with E-state index in [1.165, 1.54) is 12.1 Å². The first-order chi connectivity index (χ1) is 10.6. The average Bonchev–Trinajstić information content (AvgIpc) is 2.97. The van der Waals surface area contributed by atoms with Gasteiger partial charge in [0, 0.05) is 5.56 Å².